The van der Waals surface area contributed by atoms with Crippen LogP contribution in [0.25, 0.3) is 5.57 Å². The van der Waals surface area contributed by atoms with Crippen molar-refractivity contribution in [2.24, 2.45) is 56.2 Å². The summed E-state index contributed by atoms with van der Waals surface area (Å²) in [7, 11) is -1.48. The summed E-state index contributed by atoms with van der Waals surface area (Å²) < 4.78 is 29.0. The maximum atomic E-state index is 12.2. The molecule has 1 saturated heterocycles. The summed E-state index contributed by atoms with van der Waals surface area (Å²) in [6, 6.07) is 8.00. The van der Waals surface area contributed by atoms with E-state index >= 15 is 0 Å². The molecule has 9 atom stereocenters. The average Bonchev–Trinajstić information content (AvgIpc) is 3.13. The number of carbonyl (C=O) groups excluding carboxylic acids is 1. The van der Waals surface area contributed by atoms with Crippen LogP contribution in [0.4, 0.5) is 0 Å². The third-order valence-corrected chi connectivity index (χ3v) is 19.6. The Bertz CT molecular complexity index is 1710. The number of nitrogens with zero attached hydrogens (tertiary/aromatic N) is 1. The number of rotatable bonds is 11. The van der Waals surface area contributed by atoms with Gasteiger partial charge in [0.25, 0.3) is 0 Å². The molecule has 310 valence electrons. The molecule has 1 aliphatic heterocycles. The molecule has 1 heterocycles. The summed E-state index contributed by atoms with van der Waals surface area (Å²) in [4.78, 5) is 14.5. The van der Waals surface area contributed by atoms with Gasteiger partial charge in [0.2, 0.25) is 0 Å². The van der Waals surface area contributed by atoms with Gasteiger partial charge in [-0.15, -0.1) is 0 Å². The van der Waals surface area contributed by atoms with Gasteiger partial charge in [0.05, 0.1) is 36.4 Å². The first-order valence-electron chi connectivity index (χ1n) is 21.5. The zero-order valence-corrected chi connectivity index (χ0v) is 36.7. The summed E-state index contributed by atoms with van der Waals surface area (Å²) in [5.41, 5.74) is 1.69. The Balaban J connectivity index is 1.30. The third-order valence-electron chi connectivity index (χ3n) is 18.0. The Kier molecular flexibility index (Phi) is 11.5. The highest BCUT2D eigenvalue weighted by molar-refractivity contribution is 7.91. The molecule has 0 spiro atoms. The first-order chi connectivity index (χ1) is 25.6. The normalized spacial score (nSPS) is 38.4. The van der Waals surface area contributed by atoms with Crippen LogP contribution in [0, 0.1) is 56.2 Å². The molecule has 4 aliphatic carbocycles. The Morgan fingerprint density at radius 2 is 1.60 bits per heavy atom. The van der Waals surface area contributed by atoms with E-state index in [1.807, 2.05) is 19.1 Å². The van der Waals surface area contributed by atoms with Gasteiger partial charge in [-0.3, -0.25) is 0 Å². The molecule has 6 rings (SSSR count). The van der Waals surface area contributed by atoms with Gasteiger partial charge < -0.3 is 25.2 Å². The number of methoxy groups -OCH3 is 1. The fraction of sp³-hybridized carbons (Fsp3) is 0.804. The average molecular weight is 783 g/mol. The minimum atomic E-state index is -2.91. The molecule has 0 aromatic heterocycles. The van der Waals surface area contributed by atoms with Crippen LogP contribution in [0.3, 0.4) is 0 Å². The standard InChI is InChI=1S/C46H74N2O6S/c1-11-46(30-47-24-25-48-26-28-55(52,53)29-27-48)23-22-43(7)35(38(46)41(4,5)45(9,51)31-49)16-17-37-42(6)20-18-34(32-12-14-33(15-13-32)39(50)54-10)40(2,3)36(42)19-21-44(37,43)8/h12-15,18,35-38,47,49,51H,11,16-17,19-31H2,1-10H3/t35-,36+,37-,38+,42+,43-,44-,45?,46-/m1/s1. The number of allylic oxidation sites excluding steroid dienone is 2. The smallest absolute Gasteiger partial charge is 0.337 e. The number of hydrogen-bond donors (Lipinski definition) is 3. The molecule has 0 radical (unpaired) electrons. The van der Waals surface area contributed by atoms with Gasteiger partial charge >= 0.3 is 5.97 Å². The van der Waals surface area contributed by atoms with Crippen molar-refractivity contribution in [2.45, 2.75) is 119 Å². The topological polar surface area (TPSA) is 116 Å². The minimum Gasteiger partial charge on any atom is -0.465 e. The number of sulfone groups is 1. The SMILES string of the molecule is CC[C@]1(CNCCN2CCS(=O)(=O)CC2)CC[C@]2(C)[C@H](CC[C@@H]3[C@@]4(C)CC=C(c5ccc(C(=O)OC)cc5)C(C)(C)[C@@H]4CC[C@]32C)[C@H]1C(C)(C)C(C)(O)CO. The molecule has 0 bridgehead atoms. The summed E-state index contributed by atoms with van der Waals surface area (Å²) >= 11 is 0. The predicted molar refractivity (Wildman–Crippen MR) is 222 cm³/mol. The number of nitrogens with one attached hydrogen (secondary N) is 1. The molecule has 4 fully saturated rings. The molecule has 1 aromatic carbocycles. The molecule has 9 heteroatoms. The van der Waals surface area contributed by atoms with E-state index in [9.17, 15) is 23.4 Å². The van der Waals surface area contributed by atoms with Crippen LogP contribution in [0.5, 0.6) is 0 Å². The fourth-order valence-electron chi connectivity index (χ4n) is 14.1. The van der Waals surface area contributed by atoms with E-state index in [2.05, 4.69) is 83.8 Å². The molecule has 8 nitrogen and oxygen atoms in total. The number of carbonyl (C=O) groups is 1. The van der Waals surface area contributed by atoms with Crippen molar-refractivity contribution in [3.05, 3.63) is 41.5 Å². The van der Waals surface area contributed by atoms with Crippen LogP contribution in [0.15, 0.2) is 30.3 Å². The van der Waals surface area contributed by atoms with Gasteiger partial charge in [-0.2, -0.15) is 0 Å². The van der Waals surface area contributed by atoms with Crippen molar-refractivity contribution >= 4 is 21.4 Å². The lowest BCUT2D eigenvalue weighted by atomic mass is 9.31. The van der Waals surface area contributed by atoms with Crippen LogP contribution >= 0.6 is 0 Å². The molecule has 3 N–H and O–H groups in total. The van der Waals surface area contributed by atoms with E-state index in [-0.39, 0.29) is 57.1 Å². The van der Waals surface area contributed by atoms with E-state index < -0.39 is 20.9 Å². The van der Waals surface area contributed by atoms with E-state index in [1.165, 1.54) is 37.5 Å². The van der Waals surface area contributed by atoms with Crippen LogP contribution in [-0.4, -0.2) is 93.0 Å². The summed E-state index contributed by atoms with van der Waals surface area (Å²) in [6.45, 7) is 24.9. The van der Waals surface area contributed by atoms with Crippen LogP contribution < -0.4 is 5.32 Å². The summed E-state index contributed by atoms with van der Waals surface area (Å²) in [5, 5.41) is 26.7. The van der Waals surface area contributed by atoms with Gasteiger partial charge in [0.1, 0.15) is 0 Å². The highest BCUT2D eigenvalue weighted by Gasteiger charge is 2.71. The van der Waals surface area contributed by atoms with Gasteiger partial charge in [-0.25, -0.2) is 13.2 Å². The second-order valence-electron chi connectivity index (χ2n) is 20.8. The number of aliphatic hydroxyl groups excluding tert-OH is 1. The number of aliphatic hydroxyl groups is 2. The number of ether oxygens (including phenoxy) is 1. The fourth-order valence-corrected chi connectivity index (χ4v) is 15.4. The third kappa shape index (κ3) is 6.89. The zero-order valence-electron chi connectivity index (χ0n) is 35.9. The first-order valence-corrected chi connectivity index (χ1v) is 23.3. The molecule has 1 unspecified atom stereocenters. The molecular formula is C46H74N2O6S. The molecule has 3 saturated carbocycles. The Morgan fingerprint density at radius 3 is 2.20 bits per heavy atom. The van der Waals surface area contributed by atoms with E-state index in [4.69, 9.17) is 4.74 Å². The van der Waals surface area contributed by atoms with Crippen molar-refractivity contribution < 1.29 is 28.2 Å². The molecule has 0 amide bonds. The van der Waals surface area contributed by atoms with Gasteiger partial charge in [0.15, 0.2) is 9.84 Å². The quantitative estimate of drug-likeness (QED) is 0.155. The second-order valence-corrected chi connectivity index (χ2v) is 23.1. The largest absolute Gasteiger partial charge is 0.465 e. The number of fused-ring (bicyclic) bond motifs is 5. The van der Waals surface area contributed by atoms with Crippen molar-refractivity contribution in [2.75, 3.05) is 57.9 Å². The number of benzene rings is 1. The van der Waals surface area contributed by atoms with Gasteiger partial charge in [-0.05, 0) is 138 Å². The van der Waals surface area contributed by atoms with Crippen molar-refractivity contribution in [1.82, 2.24) is 10.2 Å². The lowest BCUT2D eigenvalue weighted by molar-refractivity contribution is -0.258. The summed E-state index contributed by atoms with van der Waals surface area (Å²) in [5.74, 6) is 1.90. The summed E-state index contributed by atoms with van der Waals surface area (Å²) in [6.07, 6.45) is 11.5. The Morgan fingerprint density at radius 1 is 0.945 bits per heavy atom. The van der Waals surface area contributed by atoms with Crippen LogP contribution in [0.1, 0.15) is 130 Å². The molecule has 1 aromatic rings. The molecule has 55 heavy (non-hydrogen) atoms. The zero-order chi connectivity index (χ0) is 40.5. The highest BCUT2D eigenvalue weighted by atomic mass is 32.2. The molecular weight excluding hydrogens is 709 g/mol. The second kappa shape index (κ2) is 14.8. The Labute approximate surface area is 333 Å². The van der Waals surface area contributed by atoms with Crippen molar-refractivity contribution in [1.29, 1.82) is 0 Å². The van der Waals surface area contributed by atoms with Crippen LogP contribution in [-0.2, 0) is 14.6 Å². The maximum absolute atomic E-state index is 12.2. The van der Waals surface area contributed by atoms with Crippen LogP contribution in [0.2, 0.25) is 0 Å². The van der Waals surface area contributed by atoms with Gasteiger partial charge in [-0.1, -0.05) is 73.6 Å². The predicted octanol–water partition coefficient (Wildman–Crippen LogP) is 7.64. The monoisotopic (exact) mass is 783 g/mol. The first kappa shape index (κ1) is 42.8. The maximum Gasteiger partial charge on any atom is 0.337 e. The number of hydrogen-bond acceptors (Lipinski definition) is 8. The van der Waals surface area contributed by atoms with Crippen molar-refractivity contribution in [3.8, 4) is 0 Å². The Hall–Kier alpha value is -1.78. The number of esters is 1. The highest BCUT2D eigenvalue weighted by Crippen LogP contribution is 2.77. The van der Waals surface area contributed by atoms with E-state index in [0.717, 1.165) is 51.7 Å². The van der Waals surface area contributed by atoms with E-state index in [0.29, 0.717) is 36.4 Å². The van der Waals surface area contributed by atoms with Crippen molar-refractivity contribution in [3.63, 3.8) is 0 Å². The molecule has 5 aliphatic rings. The van der Waals surface area contributed by atoms with Gasteiger partial charge in [0, 0.05) is 32.7 Å². The minimum absolute atomic E-state index is 0.0265. The lowest BCUT2D eigenvalue weighted by Crippen LogP contribution is -2.69. The lowest BCUT2D eigenvalue weighted by Gasteiger charge is -2.74. The van der Waals surface area contributed by atoms with E-state index in [1.54, 1.807) is 0 Å².